The molecule has 0 bridgehead atoms. The van der Waals surface area contributed by atoms with Crippen molar-refractivity contribution in [1.29, 1.82) is 0 Å². The number of alkyl carbamates (subject to hydrolysis) is 1. The molecule has 1 aliphatic rings. The number of rotatable bonds is 17. The van der Waals surface area contributed by atoms with Gasteiger partial charge in [0.2, 0.25) is 21.9 Å². The Morgan fingerprint density at radius 3 is 2.19 bits per heavy atom. The Hall–Kier alpha value is -4.41. The van der Waals surface area contributed by atoms with Crippen LogP contribution in [0.25, 0.3) is 10.2 Å². The van der Waals surface area contributed by atoms with Crippen LogP contribution in [0.15, 0.2) is 89.3 Å². The number of alkyl halides is 4. The zero-order chi connectivity index (χ0) is 37.7. The molecule has 16 heteroatoms. The summed E-state index contributed by atoms with van der Waals surface area (Å²) in [4.78, 5) is 42.4. The number of amides is 1. The summed E-state index contributed by atoms with van der Waals surface area (Å²) in [7, 11) is -3.57. The number of ether oxygens (including phenoxy) is 1. The van der Waals surface area contributed by atoms with E-state index >= 15 is 8.78 Å². The van der Waals surface area contributed by atoms with Gasteiger partial charge in [0.25, 0.3) is 0 Å². The number of benzene rings is 3. The van der Waals surface area contributed by atoms with E-state index in [9.17, 15) is 36.7 Å². The smallest absolute Gasteiger partial charge is 0.407 e. The average molecular weight is 764 g/mol. The van der Waals surface area contributed by atoms with Gasteiger partial charge in [-0.25, -0.2) is 35.8 Å². The van der Waals surface area contributed by atoms with Gasteiger partial charge in [0.05, 0.1) is 27.7 Å². The highest BCUT2D eigenvalue weighted by molar-refractivity contribution is 7.89. The molecule has 1 aromatic heterocycles. The van der Waals surface area contributed by atoms with Crippen molar-refractivity contribution in [2.45, 2.75) is 73.3 Å². The third kappa shape index (κ3) is 9.33. The van der Waals surface area contributed by atoms with E-state index in [4.69, 9.17) is 4.74 Å². The number of fused-ring (bicyclic) bond motifs is 1. The molecule has 1 amide bonds. The Morgan fingerprint density at radius 2 is 1.63 bits per heavy atom. The fourth-order valence-corrected chi connectivity index (χ4v) is 8.96. The largest absolute Gasteiger partial charge is 0.480 e. The molecular weight excluding hydrogens is 727 g/mol. The predicted molar refractivity (Wildman–Crippen MR) is 185 cm³/mol. The molecule has 1 heterocycles. The molecule has 1 fully saturated rings. The van der Waals surface area contributed by atoms with Gasteiger partial charge in [-0.2, -0.15) is 4.31 Å². The Balaban J connectivity index is 1.35. The number of nitrogens with one attached hydrogen (secondary N) is 1. The SMILES string of the molecule is COC(=O)N[C@H](C(=O)CCC(F)(F)CC[C@@H](C(=O)O)N(CC1CC(F)(F)C1)S(=O)(=O)c1ccc2ncsc2c1)C(c1ccccc1)c1ccccc1. The van der Waals surface area contributed by atoms with Crippen LogP contribution in [-0.2, 0) is 24.3 Å². The highest BCUT2D eigenvalue weighted by atomic mass is 32.2. The van der Waals surface area contributed by atoms with E-state index in [1.165, 1.54) is 23.7 Å². The van der Waals surface area contributed by atoms with Gasteiger partial charge in [-0.3, -0.25) is 9.59 Å². The maximum Gasteiger partial charge on any atom is 0.407 e. The molecule has 2 N–H and O–H groups in total. The zero-order valence-electron chi connectivity index (χ0n) is 28.0. The molecule has 3 aromatic carbocycles. The minimum Gasteiger partial charge on any atom is -0.480 e. The van der Waals surface area contributed by atoms with Crippen molar-refractivity contribution < 1.29 is 50.2 Å². The zero-order valence-corrected chi connectivity index (χ0v) is 29.6. The van der Waals surface area contributed by atoms with Crippen molar-refractivity contribution in [1.82, 2.24) is 14.6 Å². The molecular formula is C36H37F4N3O7S2. The molecule has 0 aliphatic heterocycles. The second-order valence-electron chi connectivity index (χ2n) is 12.8. The average Bonchev–Trinajstić information content (AvgIpc) is 3.58. The third-order valence-corrected chi connectivity index (χ3v) is 11.8. The summed E-state index contributed by atoms with van der Waals surface area (Å²) in [6.07, 6.45) is -6.08. The monoisotopic (exact) mass is 763 g/mol. The molecule has 278 valence electrons. The van der Waals surface area contributed by atoms with Crippen LogP contribution in [0.1, 0.15) is 55.6 Å². The topological polar surface area (TPSA) is 143 Å². The molecule has 2 atom stereocenters. The van der Waals surface area contributed by atoms with Crippen LogP contribution in [0.5, 0.6) is 0 Å². The van der Waals surface area contributed by atoms with Crippen LogP contribution in [-0.4, -0.2) is 78.2 Å². The number of sulfonamides is 1. The fraction of sp³-hybridized carbons (Fsp3) is 0.389. The lowest BCUT2D eigenvalue weighted by Gasteiger charge is -2.39. The molecule has 1 saturated carbocycles. The summed E-state index contributed by atoms with van der Waals surface area (Å²) in [5.74, 6) is -10.8. The van der Waals surface area contributed by atoms with Crippen LogP contribution in [0.4, 0.5) is 22.4 Å². The molecule has 10 nitrogen and oxygen atoms in total. The van der Waals surface area contributed by atoms with Crippen LogP contribution in [0.3, 0.4) is 0 Å². The van der Waals surface area contributed by atoms with Crippen LogP contribution in [0.2, 0.25) is 0 Å². The van der Waals surface area contributed by atoms with E-state index in [2.05, 4.69) is 10.3 Å². The Labute approximate surface area is 301 Å². The van der Waals surface area contributed by atoms with E-state index in [0.29, 0.717) is 25.6 Å². The molecule has 5 rings (SSSR count). The maximum atomic E-state index is 15.6. The summed E-state index contributed by atoms with van der Waals surface area (Å²) >= 11 is 1.13. The van der Waals surface area contributed by atoms with Crippen molar-refractivity contribution >= 4 is 49.4 Å². The number of aromatic nitrogens is 1. The van der Waals surface area contributed by atoms with E-state index in [-0.39, 0.29) is 4.90 Å². The molecule has 1 aliphatic carbocycles. The molecule has 52 heavy (non-hydrogen) atoms. The van der Waals surface area contributed by atoms with E-state index in [1.807, 2.05) is 0 Å². The predicted octanol–water partition coefficient (Wildman–Crippen LogP) is 7.11. The maximum absolute atomic E-state index is 15.6. The number of carbonyl (C=O) groups is 3. The lowest BCUT2D eigenvalue weighted by molar-refractivity contribution is -0.144. The lowest BCUT2D eigenvalue weighted by Crippen LogP contribution is -2.51. The number of halogens is 4. The number of Topliss-reactive ketones (excluding diaryl/α,β-unsaturated/α-hetero) is 1. The first-order valence-electron chi connectivity index (χ1n) is 16.4. The van der Waals surface area contributed by atoms with Crippen molar-refractivity contribution in [3.63, 3.8) is 0 Å². The number of thiazole rings is 1. The quantitative estimate of drug-likeness (QED) is 0.108. The first-order chi connectivity index (χ1) is 24.6. The molecule has 0 unspecified atom stereocenters. The highest BCUT2D eigenvalue weighted by Crippen LogP contribution is 2.44. The lowest BCUT2D eigenvalue weighted by atomic mass is 9.81. The Bertz CT molecular complexity index is 1930. The van der Waals surface area contributed by atoms with Gasteiger partial charge in [-0.05, 0) is 41.7 Å². The normalized spacial score (nSPS) is 16.0. The number of hydrogen-bond donors (Lipinski definition) is 2. The first-order valence-corrected chi connectivity index (χ1v) is 18.7. The number of aliphatic carboxylic acids is 1. The van der Waals surface area contributed by atoms with Crippen molar-refractivity contribution in [2.75, 3.05) is 13.7 Å². The molecule has 0 radical (unpaired) electrons. The molecule has 0 saturated heterocycles. The van der Waals surface area contributed by atoms with Crippen LogP contribution in [0, 0.1) is 5.92 Å². The fourth-order valence-electron chi connectivity index (χ4n) is 6.45. The number of hydrogen-bond acceptors (Lipinski definition) is 8. The second kappa shape index (κ2) is 16.1. The number of nitrogens with zero attached hydrogens (tertiary/aromatic N) is 2. The van der Waals surface area contributed by atoms with Gasteiger partial charge in [-0.1, -0.05) is 60.7 Å². The van der Waals surface area contributed by atoms with Crippen LogP contribution >= 0.6 is 11.3 Å². The van der Waals surface area contributed by atoms with E-state index < -0.39 is 109 Å². The first kappa shape index (κ1) is 38.8. The second-order valence-corrected chi connectivity index (χ2v) is 15.6. The number of carboxylic acid groups (broad SMARTS) is 1. The van der Waals surface area contributed by atoms with Gasteiger partial charge >= 0.3 is 12.1 Å². The van der Waals surface area contributed by atoms with Gasteiger partial charge in [-0.15, -0.1) is 11.3 Å². The number of carbonyl (C=O) groups excluding carboxylic acids is 2. The van der Waals surface area contributed by atoms with Gasteiger partial charge in [0, 0.05) is 44.6 Å². The van der Waals surface area contributed by atoms with Crippen molar-refractivity contribution in [3.8, 4) is 0 Å². The summed E-state index contributed by atoms with van der Waals surface area (Å²) < 4.78 is 92.2. The Morgan fingerprint density at radius 1 is 1.02 bits per heavy atom. The summed E-state index contributed by atoms with van der Waals surface area (Å²) in [5, 5.41) is 12.7. The van der Waals surface area contributed by atoms with Crippen LogP contribution < -0.4 is 5.32 Å². The summed E-state index contributed by atoms with van der Waals surface area (Å²) in [5.41, 5.74) is 3.22. The number of ketones is 1. The molecule has 4 aromatic rings. The Kier molecular flexibility index (Phi) is 12.0. The van der Waals surface area contributed by atoms with E-state index in [0.717, 1.165) is 18.4 Å². The van der Waals surface area contributed by atoms with Gasteiger partial charge in [0.1, 0.15) is 12.1 Å². The molecule has 0 spiro atoms. The number of methoxy groups -OCH3 is 1. The van der Waals surface area contributed by atoms with Crippen molar-refractivity contribution in [2.24, 2.45) is 5.92 Å². The minimum atomic E-state index is -4.67. The van der Waals surface area contributed by atoms with Gasteiger partial charge in [0.15, 0.2) is 5.78 Å². The van der Waals surface area contributed by atoms with E-state index in [1.54, 1.807) is 60.7 Å². The summed E-state index contributed by atoms with van der Waals surface area (Å²) in [6, 6.07) is 17.9. The van der Waals surface area contributed by atoms with Crippen molar-refractivity contribution in [3.05, 3.63) is 95.5 Å². The highest BCUT2D eigenvalue weighted by Gasteiger charge is 2.49. The standard InChI is InChI=1S/C36H37F4N3O7S2/c1-50-34(47)42-32(31(24-8-4-2-5-9-24)25-10-6-3-7-11-25)29(44)15-17-35(37,38)16-14-28(33(45)46)43(21-23-19-36(39,40)20-23)52(48,49)26-12-13-27-30(18-26)51-22-41-27/h2-13,18,22-23,28,31-32H,14-17,19-21H2,1H3,(H,42,47)(H,45,46)/t28-,32+/m0/s1. The third-order valence-electron chi connectivity index (χ3n) is 9.13. The summed E-state index contributed by atoms with van der Waals surface area (Å²) in [6.45, 7) is -0.610. The number of carboxylic acids is 1. The van der Waals surface area contributed by atoms with Gasteiger partial charge < -0.3 is 15.2 Å². The minimum absolute atomic E-state index is 0.325.